The third kappa shape index (κ3) is 2.85. The summed E-state index contributed by atoms with van der Waals surface area (Å²) in [4.78, 5) is 11.8. The van der Waals surface area contributed by atoms with Crippen LogP contribution in [0, 0.1) is 11.8 Å². The molecule has 1 heterocycles. The summed E-state index contributed by atoms with van der Waals surface area (Å²) in [5.41, 5.74) is 0.589. The molecule has 0 aliphatic heterocycles. The number of carbonyl (C=O) groups is 1. The molecule has 0 radical (unpaired) electrons. The SMILES string of the molecule is Cn1cc(C(=O)NCC2CCCC2CO)cn1. The van der Waals surface area contributed by atoms with Crippen molar-refractivity contribution in [3.8, 4) is 0 Å². The minimum absolute atomic E-state index is 0.0818. The van der Waals surface area contributed by atoms with Crippen molar-refractivity contribution in [3.05, 3.63) is 18.0 Å². The van der Waals surface area contributed by atoms with Crippen molar-refractivity contribution in [1.29, 1.82) is 0 Å². The molecule has 1 aromatic heterocycles. The fourth-order valence-electron chi connectivity index (χ4n) is 2.49. The van der Waals surface area contributed by atoms with E-state index in [1.54, 1.807) is 24.1 Å². The number of aromatic nitrogens is 2. The maximum absolute atomic E-state index is 11.8. The molecule has 0 aromatic carbocycles. The minimum atomic E-state index is -0.0818. The highest BCUT2D eigenvalue weighted by atomic mass is 16.3. The Hall–Kier alpha value is -1.36. The molecular formula is C12H19N3O2. The summed E-state index contributed by atoms with van der Waals surface area (Å²) in [5.74, 6) is 0.687. The molecule has 1 fully saturated rings. The molecule has 1 aromatic rings. The highest BCUT2D eigenvalue weighted by Gasteiger charge is 2.26. The first kappa shape index (κ1) is 12.1. The van der Waals surface area contributed by atoms with Crippen LogP contribution >= 0.6 is 0 Å². The van der Waals surface area contributed by atoms with Crippen LogP contribution in [-0.4, -0.2) is 33.9 Å². The molecule has 17 heavy (non-hydrogen) atoms. The van der Waals surface area contributed by atoms with Crippen molar-refractivity contribution in [2.45, 2.75) is 19.3 Å². The van der Waals surface area contributed by atoms with Gasteiger partial charge in [0.2, 0.25) is 0 Å². The first-order valence-electron chi connectivity index (χ1n) is 6.08. The van der Waals surface area contributed by atoms with Crippen LogP contribution in [0.3, 0.4) is 0 Å². The summed E-state index contributed by atoms with van der Waals surface area (Å²) in [6.07, 6.45) is 6.59. The molecule has 2 rings (SSSR count). The Morgan fingerprint density at radius 3 is 3.00 bits per heavy atom. The van der Waals surface area contributed by atoms with Gasteiger partial charge in [-0.2, -0.15) is 5.10 Å². The van der Waals surface area contributed by atoms with Gasteiger partial charge in [0.25, 0.3) is 5.91 Å². The van der Waals surface area contributed by atoms with E-state index in [1.165, 1.54) is 0 Å². The Balaban J connectivity index is 1.84. The number of carbonyl (C=O) groups excluding carboxylic acids is 1. The number of hydrogen-bond acceptors (Lipinski definition) is 3. The molecule has 5 heteroatoms. The third-order valence-electron chi connectivity index (χ3n) is 3.54. The van der Waals surface area contributed by atoms with Gasteiger partial charge in [0.15, 0.2) is 0 Å². The molecule has 2 unspecified atom stereocenters. The van der Waals surface area contributed by atoms with Crippen molar-refractivity contribution in [1.82, 2.24) is 15.1 Å². The smallest absolute Gasteiger partial charge is 0.254 e. The second-order valence-corrected chi connectivity index (χ2v) is 4.75. The summed E-state index contributed by atoms with van der Waals surface area (Å²) < 4.78 is 1.61. The Morgan fingerprint density at radius 2 is 2.35 bits per heavy atom. The normalized spacial score (nSPS) is 23.9. The zero-order valence-corrected chi connectivity index (χ0v) is 10.1. The van der Waals surface area contributed by atoms with Gasteiger partial charge in [0.05, 0.1) is 11.8 Å². The topological polar surface area (TPSA) is 67.2 Å². The Morgan fingerprint density at radius 1 is 1.59 bits per heavy atom. The molecule has 5 nitrogen and oxygen atoms in total. The van der Waals surface area contributed by atoms with Crippen LogP contribution in [-0.2, 0) is 7.05 Å². The van der Waals surface area contributed by atoms with E-state index in [0.29, 0.717) is 23.9 Å². The summed E-state index contributed by atoms with van der Waals surface area (Å²) in [6, 6.07) is 0. The molecule has 1 aliphatic rings. The first-order chi connectivity index (χ1) is 8.20. The monoisotopic (exact) mass is 237 g/mol. The number of aryl methyl sites for hydroxylation is 1. The van der Waals surface area contributed by atoms with Gasteiger partial charge >= 0.3 is 0 Å². The highest BCUT2D eigenvalue weighted by Crippen LogP contribution is 2.30. The summed E-state index contributed by atoms with van der Waals surface area (Å²) in [6.45, 7) is 0.881. The summed E-state index contributed by atoms with van der Waals surface area (Å²) in [5, 5.41) is 16.1. The van der Waals surface area contributed by atoms with Crippen LogP contribution in [0.25, 0.3) is 0 Å². The van der Waals surface area contributed by atoms with Crippen LogP contribution in [0.4, 0.5) is 0 Å². The number of amides is 1. The Labute approximate surface area is 101 Å². The lowest BCUT2D eigenvalue weighted by molar-refractivity contribution is 0.0937. The van der Waals surface area contributed by atoms with Crippen LogP contribution < -0.4 is 5.32 Å². The van der Waals surface area contributed by atoms with Gasteiger partial charge in [-0.25, -0.2) is 0 Å². The first-order valence-corrected chi connectivity index (χ1v) is 6.08. The number of rotatable bonds is 4. The molecule has 0 saturated heterocycles. The van der Waals surface area contributed by atoms with Gasteiger partial charge < -0.3 is 10.4 Å². The van der Waals surface area contributed by atoms with E-state index in [4.69, 9.17) is 0 Å². The number of nitrogens with zero attached hydrogens (tertiary/aromatic N) is 2. The van der Waals surface area contributed by atoms with Crippen molar-refractivity contribution in [3.63, 3.8) is 0 Å². The largest absolute Gasteiger partial charge is 0.396 e. The zero-order valence-electron chi connectivity index (χ0n) is 10.1. The molecule has 0 spiro atoms. The van der Waals surface area contributed by atoms with Gasteiger partial charge in [0.1, 0.15) is 0 Å². The van der Waals surface area contributed by atoms with Gasteiger partial charge in [-0.1, -0.05) is 6.42 Å². The second kappa shape index (κ2) is 5.31. The molecule has 94 valence electrons. The fourth-order valence-corrected chi connectivity index (χ4v) is 2.49. The van der Waals surface area contributed by atoms with Crippen LogP contribution in [0.15, 0.2) is 12.4 Å². The highest BCUT2D eigenvalue weighted by molar-refractivity contribution is 5.93. The predicted molar refractivity (Wildman–Crippen MR) is 63.5 cm³/mol. The van der Waals surface area contributed by atoms with Crippen molar-refractivity contribution in [2.75, 3.05) is 13.2 Å². The average molecular weight is 237 g/mol. The van der Waals surface area contributed by atoms with Gasteiger partial charge in [-0.05, 0) is 24.7 Å². The fraction of sp³-hybridized carbons (Fsp3) is 0.667. The number of hydrogen-bond donors (Lipinski definition) is 2. The van der Waals surface area contributed by atoms with Gasteiger partial charge in [-0.3, -0.25) is 9.48 Å². The molecule has 0 bridgehead atoms. The molecule has 2 atom stereocenters. The van der Waals surface area contributed by atoms with E-state index in [2.05, 4.69) is 10.4 Å². The molecule has 1 amide bonds. The van der Waals surface area contributed by atoms with E-state index in [1.807, 2.05) is 0 Å². The molecule has 1 saturated carbocycles. The van der Waals surface area contributed by atoms with E-state index in [-0.39, 0.29) is 12.5 Å². The number of nitrogens with one attached hydrogen (secondary N) is 1. The van der Waals surface area contributed by atoms with Crippen molar-refractivity contribution >= 4 is 5.91 Å². The van der Waals surface area contributed by atoms with Crippen molar-refractivity contribution < 1.29 is 9.90 Å². The lowest BCUT2D eigenvalue weighted by Gasteiger charge is -2.17. The molecule has 1 aliphatic carbocycles. The minimum Gasteiger partial charge on any atom is -0.396 e. The Bertz CT molecular complexity index is 389. The van der Waals surface area contributed by atoms with E-state index in [0.717, 1.165) is 19.3 Å². The van der Waals surface area contributed by atoms with Gasteiger partial charge in [0, 0.05) is 26.4 Å². The maximum Gasteiger partial charge on any atom is 0.254 e. The Kier molecular flexibility index (Phi) is 3.78. The van der Waals surface area contributed by atoms with E-state index in [9.17, 15) is 9.90 Å². The molecular weight excluding hydrogens is 218 g/mol. The quantitative estimate of drug-likeness (QED) is 0.804. The summed E-state index contributed by atoms with van der Waals surface area (Å²) in [7, 11) is 1.79. The standard InChI is InChI=1S/C12H19N3O2/c1-15-7-11(6-14-15)12(17)13-5-9-3-2-4-10(9)8-16/h6-7,9-10,16H,2-5,8H2,1H3,(H,13,17). The number of aliphatic hydroxyl groups is 1. The lowest BCUT2D eigenvalue weighted by Crippen LogP contribution is -2.31. The van der Waals surface area contributed by atoms with Crippen LogP contribution in [0.2, 0.25) is 0 Å². The number of aliphatic hydroxyl groups excluding tert-OH is 1. The van der Waals surface area contributed by atoms with E-state index < -0.39 is 0 Å². The second-order valence-electron chi connectivity index (χ2n) is 4.75. The van der Waals surface area contributed by atoms with Crippen LogP contribution in [0.1, 0.15) is 29.6 Å². The predicted octanol–water partition coefficient (Wildman–Crippen LogP) is 0.558. The average Bonchev–Trinajstić information content (AvgIpc) is 2.94. The maximum atomic E-state index is 11.8. The zero-order chi connectivity index (χ0) is 12.3. The van der Waals surface area contributed by atoms with Crippen LogP contribution in [0.5, 0.6) is 0 Å². The summed E-state index contributed by atoms with van der Waals surface area (Å²) >= 11 is 0. The van der Waals surface area contributed by atoms with E-state index >= 15 is 0 Å². The van der Waals surface area contributed by atoms with Crippen molar-refractivity contribution in [2.24, 2.45) is 18.9 Å². The lowest BCUT2D eigenvalue weighted by atomic mass is 9.97. The molecule has 2 N–H and O–H groups in total. The third-order valence-corrected chi connectivity index (χ3v) is 3.54. The van der Waals surface area contributed by atoms with Gasteiger partial charge in [-0.15, -0.1) is 0 Å².